The van der Waals surface area contributed by atoms with Gasteiger partial charge in [-0.2, -0.15) is 0 Å². The number of thioether (sulfide) groups is 1. The van der Waals surface area contributed by atoms with Gasteiger partial charge in [-0.25, -0.2) is 4.98 Å². The number of aromatic nitrogens is 2. The molecule has 1 N–H and O–H groups in total. The SMILES string of the molecule is CCn1c(-c2ccc3c(c2)OCCO3)cnc1SCC(=O)Nc1ccc(OC)c(OC)c1. The first kappa shape index (κ1) is 21.9. The Kier molecular flexibility index (Phi) is 6.75. The first-order valence-electron chi connectivity index (χ1n) is 10.2. The lowest BCUT2D eigenvalue weighted by Gasteiger charge is -2.19. The number of carbonyl (C=O) groups excluding carboxylic acids is 1. The van der Waals surface area contributed by atoms with E-state index in [9.17, 15) is 4.79 Å². The maximum Gasteiger partial charge on any atom is 0.234 e. The van der Waals surface area contributed by atoms with Crippen molar-refractivity contribution in [2.24, 2.45) is 0 Å². The van der Waals surface area contributed by atoms with Gasteiger partial charge in [-0.3, -0.25) is 4.79 Å². The third kappa shape index (κ3) is 4.62. The van der Waals surface area contributed by atoms with Gasteiger partial charge in [0.05, 0.1) is 31.9 Å². The van der Waals surface area contributed by atoms with Crippen LogP contribution in [0.1, 0.15) is 6.92 Å². The number of methoxy groups -OCH3 is 2. The van der Waals surface area contributed by atoms with Gasteiger partial charge in [0.15, 0.2) is 28.2 Å². The molecular weight excluding hydrogens is 430 g/mol. The standard InChI is InChI=1S/C23H25N3O5S/c1-4-26-17(15-5-7-19-21(11-15)31-10-9-30-19)13-24-23(26)32-14-22(27)25-16-6-8-18(28-2)20(12-16)29-3/h5-8,11-13H,4,9-10,14H2,1-3H3,(H,25,27). The van der Waals surface area contributed by atoms with Crippen molar-refractivity contribution in [3.63, 3.8) is 0 Å². The molecule has 0 atom stereocenters. The van der Waals surface area contributed by atoms with Crippen LogP contribution >= 0.6 is 11.8 Å². The van der Waals surface area contributed by atoms with Crippen LogP contribution in [0.4, 0.5) is 5.69 Å². The van der Waals surface area contributed by atoms with Crippen LogP contribution < -0.4 is 24.3 Å². The Morgan fingerprint density at radius 3 is 2.62 bits per heavy atom. The van der Waals surface area contributed by atoms with Crippen LogP contribution in [0.5, 0.6) is 23.0 Å². The Balaban J connectivity index is 1.44. The molecule has 0 bridgehead atoms. The second-order valence-electron chi connectivity index (χ2n) is 6.94. The molecule has 1 aliphatic rings. The van der Waals surface area contributed by atoms with E-state index in [2.05, 4.69) is 21.8 Å². The second kappa shape index (κ2) is 9.86. The molecule has 1 aromatic heterocycles. The number of hydrogen-bond donors (Lipinski definition) is 1. The van der Waals surface area contributed by atoms with Crippen molar-refractivity contribution in [2.45, 2.75) is 18.6 Å². The fraction of sp³-hybridized carbons (Fsp3) is 0.304. The third-order valence-corrected chi connectivity index (χ3v) is 5.96. The summed E-state index contributed by atoms with van der Waals surface area (Å²) in [5.41, 5.74) is 2.60. The highest BCUT2D eigenvalue weighted by Crippen LogP contribution is 2.36. The van der Waals surface area contributed by atoms with Crippen LogP contribution in [-0.4, -0.2) is 48.6 Å². The number of nitrogens with zero attached hydrogens (tertiary/aromatic N) is 2. The number of ether oxygens (including phenoxy) is 4. The molecule has 0 unspecified atom stereocenters. The van der Waals surface area contributed by atoms with Crippen molar-refractivity contribution >= 4 is 23.4 Å². The average molecular weight is 456 g/mol. The van der Waals surface area contributed by atoms with Crippen molar-refractivity contribution in [3.05, 3.63) is 42.6 Å². The van der Waals surface area contributed by atoms with Crippen LogP contribution in [0.3, 0.4) is 0 Å². The monoisotopic (exact) mass is 455 g/mol. The molecule has 2 aromatic carbocycles. The van der Waals surface area contributed by atoms with Crippen molar-refractivity contribution in [3.8, 4) is 34.3 Å². The highest BCUT2D eigenvalue weighted by Gasteiger charge is 2.17. The number of carbonyl (C=O) groups is 1. The molecule has 0 aliphatic carbocycles. The van der Waals surface area contributed by atoms with E-state index in [1.807, 2.05) is 24.4 Å². The Labute approximate surface area is 190 Å². The molecule has 0 spiro atoms. The molecule has 32 heavy (non-hydrogen) atoms. The zero-order valence-corrected chi connectivity index (χ0v) is 19.0. The number of benzene rings is 2. The number of imidazole rings is 1. The fourth-order valence-corrected chi connectivity index (χ4v) is 4.30. The summed E-state index contributed by atoms with van der Waals surface area (Å²) in [5, 5.41) is 3.66. The third-order valence-electron chi connectivity index (χ3n) is 4.97. The van der Waals surface area contributed by atoms with Gasteiger partial charge in [0.2, 0.25) is 5.91 Å². The number of hydrogen-bond acceptors (Lipinski definition) is 7. The minimum absolute atomic E-state index is 0.131. The summed E-state index contributed by atoms with van der Waals surface area (Å²) in [7, 11) is 3.13. The van der Waals surface area contributed by atoms with Gasteiger partial charge in [-0.05, 0) is 37.3 Å². The van der Waals surface area contributed by atoms with E-state index < -0.39 is 0 Å². The zero-order chi connectivity index (χ0) is 22.5. The Bertz CT molecular complexity index is 1120. The lowest BCUT2D eigenvalue weighted by atomic mass is 10.1. The van der Waals surface area contributed by atoms with Crippen molar-refractivity contribution < 1.29 is 23.7 Å². The average Bonchev–Trinajstić information content (AvgIpc) is 3.25. The van der Waals surface area contributed by atoms with Crippen LogP contribution in [0.25, 0.3) is 11.3 Å². The maximum absolute atomic E-state index is 12.5. The van der Waals surface area contributed by atoms with Gasteiger partial charge < -0.3 is 28.8 Å². The van der Waals surface area contributed by atoms with Gasteiger partial charge in [-0.1, -0.05) is 11.8 Å². The number of rotatable bonds is 8. The fourth-order valence-electron chi connectivity index (χ4n) is 3.45. The molecule has 1 aliphatic heterocycles. The molecule has 168 valence electrons. The number of nitrogens with one attached hydrogen (secondary N) is 1. The smallest absolute Gasteiger partial charge is 0.234 e. The summed E-state index contributed by atoms with van der Waals surface area (Å²) in [6.45, 7) is 3.88. The number of anilines is 1. The van der Waals surface area contributed by atoms with E-state index >= 15 is 0 Å². The molecular formula is C23H25N3O5S. The van der Waals surface area contributed by atoms with Gasteiger partial charge in [0.1, 0.15) is 13.2 Å². The molecule has 2 heterocycles. The van der Waals surface area contributed by atoms with E-state index in [0.29, 0.717) is 30.4 Å². The second-order valence-corrected chi connectivity index (χ2v) is 7.88. The van der Waals surface area contributed by atoms with E-state index in [0.717, 1.165) is 34.5 Å². The minimum Gasteiger partial charge on any atom is -0.493 e. The van der Waals surface area contributed by atoms with E-state index in [4.69, 9.17) is 18.9 Å². The molecule has 9 heteroatoms. The van der Waals surface area contributed by atoms with E-state index in [1.54, 1.807) is 32.4 Å². The number of amides is 1. The topological polar surface area (TPSA) is 83.8 Å². The number of fused-ring (bicyclic) bond motifs is 1. The van der Waals surface area contributed by atoms with Crippen LogP contribution in [0.15, 0.2) is 47.8 Å². The highest BCUT2D eigenvalue weighted by molar-refractivity contribution is 7.99. The summed E-state index contributed by atoms with van der Waals surface area (Å²) in [6, 6.07) is 11.1. The van der Waals surface area contributed by atoms with Crippen LogP contribution in [0.2, 0.25) is 0 Å². The van der Waals surface area contributed by atoms with Crippen LogP contribution in [-0.2, 0) is 11.3 Å². The molecule has 3 aromatic rings. The molecule has 0 radical (unpaired) electrons. The van der Waals surface area contributed by atoms with E-state index in [-0.39, 0.29) is 11.7 Å². The largest absolute Gasteiger partial charge is 0.493 e. The lowest BCUT2D eigenvalue weighted by molar-refractivity contribution is -0.113. The van der Waals surface area contributed by atoms with Crippen molar-refractivity contribution in [1.82, 2.24) is 9.55 Å². The highest BCUT2D eigenvalue weighted by atomic mass is 32.2. The van der Waals surface area contributed by atoms with Crippen molar-refractivity contribution in [2.75, 3.05) is 38.5 Å². The van der Waals surface area contributed by atoms with E-state index in [1.165, 1.54) is 11.8 Å². The Morgan fingerprint density at radius 1 is 1.09 bits per heavy atom. The van der Waals surface area contributed by atoms with Gasteiger partial charge in [0, 0.05) is 23.9 Å². The maximum atomic E-state index is 12.5. The molecule has 0 fully saturated rings. The summed E-state index contributed by atoms with van der Waals surface area (Å²) in [4.78, 5) is 17.0. The predicted molar refractivity (Wildman–Crippen MR) is 123 cm³/mol. The summed E-state index contributed by atoms with van der Waals surface area (Å²) in [5.74, 6) is 2.75. The first-order chi connectivity index (χ1) is 15.6. The first-order valence-corrected chi connectivity index (χ1v) is 11.2. The molecule has 1 amide bonds. The summed E-state index contributed by atoms with van der Waals surface area (Å²) < 4.78 is 23.9. The predicted octanol–water partition coefficient (Wildman–Crippen LogP) is 4.09. The summed E-state index contributed by atoms with van der Waals surface area (Å²) in [6.07, 6.45) is 1.82. The minimum atomic E-state index is -0.131. The lowest BCUT2D eigenvalue weighted by Crippen LogP contribution is -2.15. The van der Waals surface area contributed by atoms with Gasteiger partial charge in [0.25, 0.3) is 0 Å². The molecule has 0 saturated carbocycles. The Morgan fingerprint density at radius 2 is 1.88 bits per heavy atom. The van der Waals surface area contributed by atoms with Crippen LogP contribution in [0, 0.1) is 0 Å². The zero-order valence-electron chi connectivity index (χ0n) is 18.2. The molecule has 8 nitrogen and oxygen atoms in total. The summed E-state index contributed by atoms with van der Waals surface area (Å²) >= 11 is 1.39. The Hall–Kier alpha value is -3.33. The van der Waals surface area contributed by atoms with Crippen molar-refractivity contribution in [1.29, 1.82) is 0 Å². The molecule has 0 saturated heterocycles. The quantitative estimate of drug-likeness (QED) is 0.512. The normalized spacial score (nSPS) is 12.3. The van der Waals surface area contributed by atoms with Gasteiger partial charge in [-0.15, -0.1) is 0 Å². The molecule has 4 rings (SSSR count). The van der Waals surface area contributed by atoms with Gasteiger partial charge >= 0.3 is 0 Å².